The van der Waals surface area contributed by atoms with Gasteiger partial charge in [-0.25, -0.2) is 13.6 Å². The van der Waals surface area contributed by atoms with E-state index in [0.29, 0.717) is 36.8 Å². The van der Waals surface area contributed by atoms with Crippen LogP contribution < -0.4 is 15.0 Å². The number of carbonyl (C=O) groups is 1. The Morgan fingerprint density at radius 3 is 2.80 bits per heavy atom. The van der Waals surface area contributed by atoms with Gasteiger partial charge in [0.1, 0.15) is 23.0 Å². The second-order valence-corrected chi connectivity index (χ2v) is 10.7. The van der Waals surface area contributed by atoms with Gasteiger partial charge < -0.3 is 24.6 Å². The van der Waals surface area contributed by atoms with Gasteiger partial charge in [-0.2, -0.15) is 0 Å². The monoisotopic (exact) mass is 507 g/mol. The number of benzene rings is 1. The fourth-order valence-electron chi connectivity index (χ4n) is 5.03. The lowest BCUT2D eigenvalue weighted by Gasteiger charge is -2.43. The number of ether oxygens (including phenoxy) is 2. The van der Waals surface area contributed by atoms with Crippen LogP contribution in [0.4, 0.5) is 25.1 Å². The molecule has 11 heteroatoms. The molecular formula is C24H28ClF2N5O3. The molecule has 0 unspecified atom stereocenters. The van der Waals surface area contributed by atoms with Crippen LogP contribution in [0.3, 0.4) is 0 Å². The molecule has 188 valence electrons. The molecule has 3 aliphatic heterocycles. The van der Waals surface area contributed by atoms with Crippen molar-refractivity contribution in [2.75, 3.05) is 29.9 Å². The molecule has 5 rings (SSSR count). The van der Waals surface area contributed by atoms with Crippen LogP contribution in [-0.2, 0) is 17.7 Å². The molecule has 0 aliphatic carbocycles. The van der Waals surface area contributed by atoms with Gasteiger partial charge in [-0.1, -0.05) is 17.7 Å². The number of nitrogens with one attached hydrogen (secondary N) is 1. The summed E-state index contributed by atoms with van der Waals surface area (Å²) in [6, 6.07) is 7.27. The van der Waals surface area contributed by atoms with Crippen LogP contribution in [0.2, 0.25) is 5.15 Å². The molecule has 2 aromatic rings. The molecular weight excluding hydrogens is 480 g/mol. The van der Waals surface area contributed by atoms with Gasteiger partial charge in [-0.15, -0.1) is 10.2 Å². The van der Waals surface area contributed by atoms with Crippen molar-refractivity contribution in [1.82, 2.24) is 15.1 Å². The van der Waals surface area contributed by atoms with E-state index < -0.39 is 23.7 Å². The molecule has 0 bridgehead atoms. The normalized spacial score (nSPS) is 23.3. The summed E-state index contributed by atoms with van der Waals surface area (Å²) in [5.41, 5.74) is 0.652. The Kier molecular flexibility index (Phi) is 5.89. The number of hydrogen-bond acceptors (Lipinski definition) is 7. The average Bonchev–Trinajstić information content (AvgIpc) is 3.17. The number of alkyl halides is 2. The number of amides is 1. The first kappa shape index (κ1) is 23.8. The highest BCUT2D eigenvalue weighted by Crippen LogP contribution is 2.45. The zero-order valence-electron chi connectivity index (χ0n) is 19.9. The Labute approximate surface area is 207 Å². The lowest BCUT2D eigenvalue weighted by Crippen LogP contribution is -2.57. The maximum Gasteiger partial charge on any atom is 0.410 e. The predicted octanol–water partition coefficient (Wildman–Crippen LogP) is 4.51. The van der Waals surface area contributed by atoms with Crippen LogP contribution in [0, 0.1) is 0 Å². The molecule has 0 spiro atoms. The maximum absolute atomic E-state index is 14.4. The molecule has 0 saturated carbocycles. The van der Waals surface area contributed by atoms with E-state index >= 15 is 0 Å². The quantitative estimate of drug-likeness (QED) is 0.654. The first-order chi connectivity index (χ1) is 16.5. The average molecular weight is 508 g/mol. The molecule has 1 saturated heterocycles. The largest absolute Gasteiger partial charge is 0.488 e. The Balaban J connectivity index is 1.31. The molecule has 1 N–H and O–H groups in total. The van der Waals surface area contributed by atoms with Crippen molar-refractivity contribution < 1.29 is 23.0 Å². The summed E-state index contributed by atoms with van der Waals surface area (Å²) in [7, 11) is 0. The van der Waals surface area contributed by atoms with Crippen LogP contribution in [0.1, 0.15) is 38.3 Å². The summed E-state index contributed by atoms with van der Waals surface area (Å²) in [5.74, 6) is 1.07. The number of carbonyl (C=O) groups excluding carboxylic acids is 1. The van der Waals surface area contributed by atoms with Gasteiger partial charge >= 0.3 is 6.09 Å². The minimum atomic E-state index is -2.59. The Bertz CT molecular complexity index is 1140. The highest BCUT2D eigenvalue weighted by atomic mass is 35.5. The van der Waals surface area contributed by atoms with E-state index in [4.69, 9.17) is 21.1 Å². The number of hydrogen-bond donors (Lipinski definition) is 1. The topological polar surface area (TPSA) is 79.8 Å². The number of nitrogens with zero attached hydrogens (tertiary/aromatic N) is 4. The van der Waals surface area contributed by atoms with E-state index in [1.807, 2.05) is 39.0 Å². The molecule has 1 aromatic heterocycles. The summed E-state index contributed by atoms with van der Waals surface area (Å²) >= 11 is 6.01. The molecule has 1 aromatic carbocycles. The van der Waals surface area contributed by atoms with Crippen LogP contribution in [0.5, 0.6) is 5.75 Å². The highest BCUT2D eigenvalue weighted by molar-refractivity contribution is 6.29. The molecule has 1 fully saturated rings. The molecule has 4 heterocycles. The highest BCUT2D eigenvalue weighted by Gasteiger charge is 2.55. The summed E-state index contributed by atoms with van der Waals surface area (Å²) in [4.78, 5) is 15.8. The SMILES string of the molecule is CC(C)(C)OC(=O)N1CCc2cc(O[C@H]3CN4c5cc(Cl)nnc5NC[C@@]4(C(F)F)C3)ccc2C1. The first-order valence-corrected chi connectivity index (χ1v) is 12.0. The summed E-state index contributed by atoms with van der Waals surface area (Å²) < 4.78 is 40.4. The van der Waals surface area contributed by atoms with Crippen molar-refractivity contribution in [2.45, 2.75) is 63.8 Å². The van der Waals surface area contributed by atoms with Gasteiger partial charge in [0, 0.05) is 32.1 Å². The summed E-state index contributed by atoms with van der Waals surface area (Å²) in [6.07, 6.45) is -2.55. The summed E-state index contributed by atoms with van der Waals surface area (Å²) in [6.45, 7) is 6.86. The standard InChI is InChI=1S/C24H28ClF2N5O3/c1-23(2,3)35-22(33)31-7-6-14-8-16(5-4-15(14)11-31)34-17-10-24(21(26)27)13-28-20-18(32(24)12-17)9-19(25)29-30-20/h4-5,8-9,17,21H,6-7,10-13H2,1-3H3,(H,28,30)/t17-,24-/m1/s1. The minimum Gasteiger partial charge on any atom is -0.488 e. The van der Waals surface area contributed by atoms with E-state index in [1.54, 1.807) is 15.9 Å². The number of anilines is 2. The Morgan fingerprint density at radius 2 is 2.06 bits per heavy atom. The third kappa shape index (κ3) is 4.55. The third-order valence-electron chi connectivity index (χ3n) is 6.65. The van der Waals surface area contributed by atoms with Gasteiger partial charge in [-0.05, 0) is 50.5 Å². The van der Waals surface area contributed by atoms with E-state index in [2.05, 4.69) is 15.5 Å². The van der Waals surface area contributed by atoms with Crippen molar-refractivity contribution in [3.05, 3.63) is 40.5 Å². The number of aromatic nitrogens is 2. The number of rotatable bonds is 3. The van der Waals surface area contributed by atoms with Gasteiger partial charge in [0.25, 0.3) is 6.43 Å². The van der Waals surface area contributed by atoms with Gasteiger partial charge in [0.15, 0.2) is 11.0 Å². The van der Waals surface area contributed by atoms with Crippen molar-refractivity contribution >= 4 is 29.2 Å². The smallest absolute Gasteiger partial charge is 0.410 e. The van der Waals surface area contributed by atoms with Crippen molar-refractivity contribution in [3.63, 3.8) is 0 Å². The number of halogens is 3. The van der Waals surface area contributed by atoms with Crippen LogP contribution in [-0.4, -0.2) is 64.5 Å². The fraction of sp³-hybridized carbons (Fsp3) is 0.542. The molecule has 35 heavy (non-hydrogen) atoms. The van der Waals surface area contributed by atoms with E-state index in [1.165, 1.54) is 0 Å². The van der Waals surface area contributed by atoms with Gasteiger partial charge in [0.2, 0.25) is 0 Å². The van der Waals surface area contributed by atoms with Crippen LogP contribution >= 0.6 is 11.6 Å². The molecule has 1 amide bonds. The molecule has 8 nitrogen and oxygen atoms in total. The zero-order chi connectivity index (χ0) is 25.0. The zero-order valence-corrected chi connectivity index (χ0v) is 20.6. The Morgan fingerprint density at radius 1 is 1.26 bits per heavy atom. The van der Waals surface area contributed by atoms with Crippen LogP contribution in [0.15, 0.2) is 24.3 Å². The fourth-order valence-corrected chi connectivity index (χ4v) is 5.17. The van der Waals surface area contributed by atoms with Crippen LogP contribution in [0.25, 0.3) is 0 Å². The second-order valence-electron chi connectivity index (χ2n) is 10.3. The van der Waals surface area contributed by atoms with Crippen molar-refractivity contribution in [1.29, 1.82) is 0 Å². The predicted molar refractivity (Wildman–Crippen MR) is 127 cm³/mol. The van der Waals surface area contributed by atoms with Crippen molar-refractivity contribution in [2.24, 2.45) is 0 Å². The summed E-state index contributed by atoms with van der Waals surface area (Å²) in [5, 5.41) is 11.0. The Hall–Kier alpha value is -2.88. The molecule has 3 aliphatic rings. The minimum absolute atomic E-state index is 0.0402. The van der Waals surface area contributed by atoms with Crippen molar-refractivity contribution in [3.8, 4) is 5.75 Å². The van der Waals surface area contributed by atoms with E-state index in [9.17, 15) is 13.6 Å². The molecule has 0 radical (unpaired) electrons. The second kappa shape index (κ2) is 8.65. The molecule has 2 atom stereocenters. The lowest BCUT2D eigenvalue weighted by molar-refractivity contribution is 0.0223. The van der Waals surface area contributed by atoms with Gasteiger partial charge in [0.05, 0.1) is 12.2 Å². The first-order valence-electron chi connectivity index (χ1n) is 11.6. The van der Waals surface area contributed by atoms with Gasteiger partial charge in [-0.3, -0.25) is 0 Å². The maximum atomic E-state index is 14.4. The third-order valence-corrected chi connectivity index (χ3v) is 6.84. The van der Waals surface area contributed by atoms with E-state index in [0.717, 1.165) is 11.1 Å². The lowest BCUT2D eigenvalue weighted by atomic mass is 9.93. The number of fused-ring (bicyclic) bond motifs is 4. The van der Waals surface area contributed by atoms with E-state index in [-0.39, 0.29) is 30.8 Å².